The van der Waals surface area contributed by atoms with Crippen LogP contribution in [-0.2, 0) is 57.1 Å². The molecule has 4 saturated heterocycles. The summed E-state index contributed by atoms with van der Waals surface area (Å²) in [5, 5.41) is 14.4. The summed E-state index contributed by atoms with van der Waals surface area (Å²) in [6, 6.07) is 9.81. The minimum absolute atomic E-state index is 0.0100. The van der Waals surface area contributed by atoms with Gasteiger partial charge >= 0.3 is 0 Å². The number of piperidine rings is 2. The molecule has 6 heterocycles. The number of benzene rings is 2. The van der Waals surface area contributed by atoms with Crippen LogP contribution in [0, 0.1) is 5.41 Å². The number of rotatable bonds is 30. The van der Waals surface area contributed by atoms with Gasteiger partial charge in [0.05, 0.1) is 127 Å². The quantitative estimate of drug-likeness (QED) is 0.0370. The summed E-state index contributed by atoms with van der Waals surface area (Å²) in [6.45, 7) is 10.7. The molecule has 4 aliphatic heterocycles. The summed E-state index contributed by atoms with van der Waals surface area (Å²) in [6.07, 6.45) is 5.66. The van der Waals surface area contributed by atoms with Crippen LogP contribution in [0.2, 0.25) is 5.02 Å². The number of aromatic nitrogens is 4. The molecule has 0 bridgehead atoms. The standard InChI is InChI=1S/C55H75ClN12O13S/c1-37-50(57)55(36-81-37)13-16-65(17-14-55)43-35-60-53(51(58)63-43)82-42-7-3-6-40(49(42)56)62-44(69)10-11-46(71)66-18-20-67(21-19-66)47(72)12-22-75-24-26-77-28-30-79-32-33-80-31-29-78-27-25-76-23-15-59-39-5-2-4-38-34-61-68(54(74)48(38)39)41-8-9-45(70)64-52(41)73/h2-7,34-35,37,41,50,59H,8-33,36,57H2,1H3,(H2,58,63)(H,62,69)(H,64,70,73)/t37-,41?,50+/m1/s1. The van der Waals surface area contributed by atoms with E-state index in [0.717, 1.165) is 30.6 Å². The average Bonchev–Trinajstić information content (AvgIpc) is 3.68. The zero-order chi connectivity index (χ0) is 57.8. The van der Waals surface area contributed by atoms with Gasteiger partial charge in [-0.05, 0) is 44.4 Å². The van der Waals surface area contributed by atoms with Gasteiger partial charge in [0.25, 0.3) is 11.5 Å². The number of halogens is 1. The van der Waals surface area contributed by atoms with Crippen molar-refractivity contribution < 1.29 is 57.1 Å². The normalized spacial score (nSPS) is 19.0. The van der Waals surface area contributed by atoms with Gasteiger partial charge in [0.1, 0.15) is 16.9 Å². The fourth-order valence-electron chi connectivity index (χ4n) is 10.1. The zero-order valence-corrected chi connectivity index (χ0v) is 47.9. The molecule has 25 nitrogen and oxygen atoms in total. The van der Waals surface area contributed by atoms with E-state index in [1.807, 2.05) is 19.1 Å². The molecule has 4 aliphatic rings. The monoisotopic (exact) mass is 1180 g/mol. The van der Waals surface area contributed by atoms with Gasteiger partial charge in [0.15, 0.2) is 5.82 Å². The minimum Gasteiger partial charge on any atom is -0.382 e. The van der Waals surface area contributed by atoms with E-state index < -0.39 is 17.5 Å². The highest BCUT2D eigenvalue weighted by Gasteiger charge is 2.47. The number of nitrogens with two attached hydrogens (primary N) is 2. The Morgan fingerprint density at radius 2 is 1.38 bits per heavy atom. The SMILES string of the molecule is C[C@H]1OCC2(CCN(c3cnc(Sc4cccc(NC(=O)CCC(=O)N5CCN(C(=O)CCOCCOCCOCCOCCOCCOCCNc6cccc7cnn(C8CCC(=O)NC8=O)c(=O)c67)CC5)c4Cl)c(N)n3)CC2)[C@H]1N. The molecule has 8 rings (SSSR count). The fourth-order valence-corrected chi connectivity index (χ4v) is 11.2. The molecular formula is C55H75ClN12O13S. The van der Waals surface area contributed by atoms with Crippen molar-refractivity contribution in [1.29, 1.82) is 0 Å². The number of carbonyl (C=O) groups is 5. The van der Waals surface area contributed by atoms with Gasteiger partial charge in [0.2, 0.25) is 23.6 Å². The summed E-state index contributed by atoms with van der Waals surface area (Å²) >= 11 is 8.00. The van der Waals surface area contributed by atoms with E-state index in [2.05, 4.69) is 35.9 Å². The van der Waals surface area contributed by atoms with Gasteiger partial charge in [-0.15, -0.1) is 0 Å². The smallest absolute Gasteiger partial charge is 0.277 e. The Morgan fingerprint density at radius 1 is 0.780 bits per heavy atom. The summed E-state index contributed by atoms with van der Waals surface area (Å²) in [5.41, 5.74) is 13.5. The molecule has 4 aromatic rings. The zero-order valence-electron chi connectivity index (χ0n) is 46.3. The molecule has 5 amide bonds. The van der Waals surface area contributed by atoms with Crippen molar-refractivity contribution in [2.24, 2.45) is 11.1 Å². The molecule has 0 aliphatic carbocycles. The van der Waals surface area contributed by atoms with Crippen LogP contribution in [0.5, 0.6) is 0 Å². The van der Waals surface area contributed by atoms with Gasteiger partial charge in [-0.1, -0.05) is 41.6 Å². The number of ether oxygens (including phenoxy) is 7. The van der Waals surface area contributed by atoms with Gasteiger partial charge in [-0.3, -0.25) is 34.1 Å². The van der Waals surface area contributed by atoms with Gasteiger partial charge in [-0.25, -0.2) is 14.6 Å². The van der Waals surface area contributed by atoms with Gasteiger partial charge in [0, 0.05) is 92.5 Å². The van der Waals surface area contributed by atoms with Crippen LogP contribution in [0.3, 0.4) is 0 Å². The number of nitrogens with zero attached hydrogens (tertiary/aromatic N) is 7. The van der Waals surface area contributed by atoms with Crippen LogP contribution in [0.15, 0.2) is 63.5 Å². The molecule has 446 valence electrons. The second kappa shape index (κ2) is 31.0. The molecule has 2 aromatic heterocycles. The first kappa shape index (κ1) is 62.0. The molecule has 7 N–H and O–H groups in total. The summed E-state index contributed by atoms with van der Waals surface area (Å²) < 4.78 is 40.5. The van der Waals surface area contributed by atoms with Crippen LogP contribution in [-0.4, -0.2) is 203 Å². The number of amides is 5. The number of hydrogen-bond donors (Lipinski definition) is 5. The molecule has 3 atom stereocenters. The first-order valence-corrected chi connectivity index (χ1v) is 29.1. The number of fused-ring (bicyclic) bond motifs is 1. The molecular weight excluding hydrogens is 1100 g/mol. The maximum absolute atomic E-state index is 13.3. The van der Waals surface area contributed by atoms with E-state index in [1.165, 1.54) is 11.8 Å². The van der Waals surface area contributed by atoms with Gasteiger partial charge < -0.3 is 70.0 Å². The highest BCUT2D eigenvalue weighted by Crippen LogP contribution is 2.43. The van der Waals surface area contributed by atoms with Crippen LogP contribution < -0.4 is 37.9 Å². The maximum Gasteiger partial charge on any atom is 0.277 e. The summed E-state index contributed by atoms with van der Waals surface area (Å²) in [7, 11) is 0. The topological polar surface area (TPSA) is 308 Å². The number of imide groups is 1. The molecule has 0 saturated carbocycles. The Balaban J connectivity index is 0.585. The molecule has 27 heteroatoms. The molecule has 1 unspecified atom stereocenters. The number of hydrogen-bond acceptors (Lipinski definition) is 21. The van der Waals surface area contributed by atoms with Crippen LogP contribution in [0.25, 0.3) is 10.8 Å². The third kappa shape index (κ3) is 17.0. The molecule has 1 spiro atoms. The lowest BCUT2D eigenvalue weighted by Gasteiger charge is -2.41. The lowest BCUT2D eigenvalue weighted by Crippen LogP contribution is -2.50. The van der Waals surface area contributed by atoms with E-state index in [0.29, 0.717) is 155 Å². The first-order chi connectivity index (χ1) is 39.8. The maximum atomic E-state index is 13.3. The summed E-state index contributed by atoms with van der Waals surface area (Å²) in [5.74, 6) is -0.495. The van der Waals surface area contributed by atoms with Crippen molar-refractivity contribution in [3.05, 3.63) is 64.2 Å². The highest BCUT2D eigenvalue weighted by molar-refractivity contribution is 7.99. The van der Waals surface area contributed by atoms with Crippen molar-refractivity contribution >= 4 is 86.7 Å². The Bertz CT molecular complexity index is 2870. The van der Waals surface area contributed by atoms with Crippen molar-refractivity contribution in [3.8, 4) is 0 Å². The fraction of sp³-hybridized carbons (Fsp3) is 0.582. The number of carbonyl (C=O) groups excluding carboxylic acids is 5. The summed E-state index contributed by atoms with van der Waals surface area (Å²) in [4.78, 5) is 91.7. The highest BCUT2D eigenvalue weighted by atomic mass is 35.5. The second-order valence-corrected chi connectivity index (χ2v) is 21.7. The van der Waals surface area contributed by atoms with E-state index in [4.69, 9.17) is 56.2 Å². The predicted octanol–water partition coefficient (Wildman–Crippen LogP) is 2.87. The largest absolute Gasteiger partial charge is 0.382 e. The Hall–Kier alpha value is -6.07. The van der Waals surface area contributed by atoms with E-state index >= 15 is 0 Å². The molecule has 0 radical (unpaired) electrons. The van der Waals surface area contributed by atoms with Crippen molar-refractivity contribution in [2.75, 3.05) is 153 Å². The van der Waals surface area contributed by atoms with Crippen molar-refractivity contribution in [3.63, 3.8) is 0 Å². The Kier molecular flexibility index (Phi) is 23.4. The third-order valence-corrected chi connectivity index (χ3v) is 16.5. The first-order valence-electron chi connectivity index (χ1n) is 27.9. The van der Waals surface area contributed by atoms with Crippen LogP contribution in [0.4, 0.5) is 23.0 Å². The number of nitrogen functional groups attached to an aromatic ring is 1. The Labute approximate surface area is 485 Å². The van der Waals surface area contributed by atoms with Gasteiger partial charge in [-0.2, -0.15) is 5.10 Å². The van der Waals surface area contributed by atoms with Crippen molar-refractivity contribution in [2.45, 2.75) is 80.0 Å². The second-order valence-electron chi connectivity index (χ2n) is 20.3. The predicted molar refractivity (Wildman–Crippen MR) is 306 cm³/mol. The number of anilines is 4. The van der Waals surface area contributed by atoms with Crippen LogP contribution >= 0.6 is 23.4 Å². The number of nitrogens with one attached hydrogen (secondary N) is 3. The minimum atomic E-state index is -0.846. The van der Waals surface area contributed by atoms with Crippen molar-refractivity contribution in [1.82, 2.24) is 34.9 Å². The lowest BCUT2D eigenvalue weighted by molar-refractivity contribution is -0.140. The molecule has 2 aromatic carbocycles. The Morgan fingerprint density at radius 3 is 1.99 bits per heavy atom. The lowest BCUT2D eigenvalue weighted by atomic mass is 9.73. The van der Waals surface area contributed by atoms with E-state index in [9.17, 15) is 28.8 Å². The van der Waals surface area contributed by atoms with E-state index in [-0.39, 0.29) is 85.7 Å². The van der Waals surface area contributed by atoms with E-state index in [1.54, 1.807) is 46.5 Å². The van der Waals surface area contributed by atoms with Crippen LogP contribution in [0.1, 0.15) is 57.9 Å². The molecule has 82 heavy (non-hydrogen) atoms. The third-order valence-electron chi connectivity index (χ3n) is 14.9. The molecule has 4 fully saturated rings. The average molecular weight is 1180 g/mol. The number of piperazine rings is 1.